The molecule has 3 atom stereocenters. The van der Waals surface area contributed by atoms with Crippen LogP contribution in [-0.4, -0.2) is 74.5 Å². The summed E-state index contributed by atoms with van der Waals surface area (Å²) >= 11 is 5.78. The summed E-state index contributed by atoms with van der Waals surface area (Å²) < 4.78 is 0. The lowest BCUT2D eigenvalue weighted by Gasteiger charge is -2.43. The number of aliphatic hydroxyl groups is 2. The van der Waals surface area contributed by atoms with Gasteiger partial charge in [0.15, 0.2) is 0 Å². The zero-order valence-corrected chi connectivity index (χ0v) is 12.5. The zero-order valence-electron chi connectivity index (χ0n) is 11.8. The summed E-state index contributed by atoms with van der Waals surface area (Å²) in [6.45, 7) is 2.82. The molecule has 2 saturated heterocycles. The van der Waals surface area contributed by atoms with E-state index < -0.39 is 6.10 Å². The Labute approximate surface area is 128 Å². The van der Waals surface area contributed by atoms with Gasteiger partial charge in [0.05, 0.1) is 12.2 Å². The monoisotopic (exact) mass is 313 g/mol. The maximum absolute atomic E-state index is 10.4. The van der Waals surface area contributed by atoms with E-state index in [1.54, 1.807) is 0 Å². The number of hydrogen-bond donors (Lipinski definition) is 2. The van der Waals surface area contributed by atoms with Crippen molar-refractivity contribution in [2.75, 3.05) is 31.1 Å². The molecule has 0 aliphatic carbocycles. The molecule has 8 heteroatoms. The number of nitrogens with zero attached hydrogens (tertiary/aromatic N) is 5. The predicted octanol–water partition coefficient (Wildman–Crippen LogP) is -0.0787. The summed E-state index contributed by atoms with van der Waals surface area (Å²) in [5.41, 5.74) is 0. The Balaban J connectivity index is 1.64. The Morgan fingerprint density at radius 2 is 2.00 bits per heavy atom. The first-order valence-electron chi connectivity index (χ1n) is 7.33. The molecule has 7 nitrogen and oxygen atoms in total. The Hall–Kier alpha value is -1.02. The lowest BCUT2D eigenvalue weighted by atomic mass is 9.97. The van der Waals surface area contributed by atoms with Crippen LogP contribution >= 0.6 is 11.6 Å². The zero-order chi connectivity index (χ0) is 14.8. The molecule has 0 spiro atoms. The summed E-state index contributed by atoms with van der Waals surface area (Å²) in [6.07, 6.45) is 3.28. The van der Waals surface area contributed by atoms with Crippen molar-refractivity contribution in [3.63, 3.8) is 0 Å². The van der Waals surface area contributed by atoms with E-state index >= 15 is 0 Å². The van der Waals surface area contributed by atoms with Gasteiger partial charge in [-0.2, -0.15) is 4.98 Å². The highest BCUT2D eigenvalue weighted by Crippen LogP contribution is 2.23. The summed E-state index contributed by atoms with van der Waals surface area (Å²) in [5.74, 6) is 0.506. The first-order chi connectivity index (χ1) is 10.1. The highest BCUT2D eigenvalue weighted by atomic mass is 35.5. The summed E-state index contributed by atoms with van der Waals surface area (Å²) in [4.78, 5) is 16.1. The van der Waals surface area contributed by atoms with Gasteiger partial charge in [0.2, 0.25) is 11.2 Å². The van der Waals surface area contributed by atoms with Crippen molar-refractivity contribution in [3.8, 4) is 0 Å². The van der Waals surface area contributed by atoms with Crippen LogP contribution in [0.5, 0.6) is 0 Å². The lowest BCUT2D eigenvalue weighted by Crippen LogP contribution is -2.57. The van der Waals surface area contributed by atoms with Crippen molar-refractivity contribution in [2.45, 2.75) is 37.5 Å². The largest absolute Gasteiger partial charge is 0.392 e. The first kappa shape index (κ1) is 14.9. The Morgan fingerprint density at radius 1 is 1.14 bits per heavy atom. The fourth-order valence-corrected chi connectivity index (χ4v) is 3.35. The predicted molar refractivity (Wildman–Crippen MR) is 78.3 cm³/mol. The molecule has 2 aliphatic heterocycles. The minimum absolute atomic E-state index is 0.0912. The first-order valence-corrected chi connectivity index (χ1v) is 7.71. The van der Waals surface area contributed by atoms with E-state index in [2.05, 4.69) is 19.9 Å². The van der Waals surface area contributed by atoms with Gasteiger partial charge in [-0.15, -0.1) is 0 Å². The number of piperidine rings is 2. The minimum Gasteiger partial charge on any atom is -0.392 e. The van der Waals surface area contributed by atoms with Crippen molar-refractivity contribution in [2.24, 2.45) is 0 Å². The number of aliphatic hydroxyl groups excluding tert-OH is 2. The normalized spacial score (nSPS) is 31.4. The second-order valence-corrected chi connectivity index (χ2v) is 6.05. The Morgan fingerprint density at radius 3 is 2.71 bits per heavy atom. The van der Waals surface area contributed by atoms with Crippen LogP contribution in [0.1, 0.15) is 19.3 Å². The van der Waals surface area contributed by atoms with Gasteiger partial charge in [-0.05, 0) is 37.4 Å². The molecule has 2 N–H and O–H groups in total. The average molecular weight is 314 g/mol. The SMILES string of the molecule is OC1CCCN(C2CCN(c3ncnc(Cl)n3)CC2O)C1. The van der Waals surface area contributed by atoms with Crippen molar-refractivity contribution < 1.29 is 10.2 Å². The maximum Gasteiger partial charge on any atom is 0.229 e. The van der Waals surface area contributed by atoms with Gasteiger partial charge in [-0.1, -0.05) is 0 Å². The second kappa shape index (κ2) is 6.39. The van der Waals surface area contributed by atoms with E-state index in [1.807, 2.05) is 4.90 Å². The molecule has 0 radical (unpaired) electrons. The minimum atomic E-state index is -0.486. The van der Waals surface area contributed by atoms with Gasteiger partial charge < -0.3 is 15.1 Å². The van der Waals surface area contributed by atoms with Crippen LogP contribution in [-0.2, 0) is 0 Å². The van der Waals surface area contributed by atoms with E-state index in [-0.39, 0.29) is 17.4 Å². The van der Waals surface area contributed by atoms with Gasteiger partial charge in [0, 0.05) is 25.7 Å². The maximum atomic E-state index is 10.4. The number of likely N-dealkylation sites (tertiary alicyclic amines) is 1. The van der Waals surface area contributed by atoms with Crippen LogP contribution in [0.25, 0.3) is 0 Å². The van der Waals surface area contributed by atoms with Gasteiger partial charge in [-0.25, -0.2) is 9.97 Å². The molecule has 0 bridgehead atoms. The van der Waals surface area contributed by atoms with E-state index in [0.29, 0.717) is 19.0 Å². The van der Waals surface area contributed by atoms with Crippen molar-refractivity contribution >= 4 is 17.5 Å². The molecule has 0 amide bonds. The molecule has 21 heavy (non-hydrogen) atoms. The summed E-state index contributed by atoms with van der Waals surface area (Å²) in [5, 5.41) is 20.4. The quantitative estimate of drug-likeness (QED) is 0.790. The smallest absolute Gasteiger partial charge is 0.229 e. The third-order valence-electron chi connectivity index (χ3n) is 4.26. The molecular weight excluding hydrogens is 294 g/mol. The lowest BCUT2D eigenvalue weighted by molar-refractivity contribution is -0.0105. The van der Waals surface area contributed by atoms with Crippen molar-refractivity contribution in [3.05, 3.63) is 11.6 Å². The molecule has 1 aromatic heterocycles. The van der Waals surface area contributed by atoms with E-state index in [4.69, 9.17) is 11.6 Å². The van der Waals surface area contributed by atoms with Crippen LogP contribution in [0.3, 0.4) is 0 Å². The van der Waals surface area contributed by atoms with Gasteiger partial charge >= 0.3 is 0 Å². The van der Waals surface area contributed by atoms with Gasteiger partial charge in [0.25, 0.3) is 0 Å². The van der Waals surface area contributed by atoms with Gasteiger partial charge in [0.1, 0.15) is 6.33 Å². The molecule has 3 rings (SSSR count). The number of rotatable bonds is 2. The van der Waals surface area contributed by atoms with Crippen LogP contribution in [0.15, 0.2) is 6.33 Å². The number of hydrogen-bond acceptors (Lipinski definition) is 7. The molecule has 3 unspecified atom stereocenters. The molecule has 2 fully saturated rings. The molecule has 0 aromatic carbocycles. The third-order valence-corrected chi connectivity index (χ3v) is 4.44. The van der Waals surface area contributed by atoms with Crippen molar-refractivity contribution in [1.29, 1.82) is 0 Å². The molecule has 1 aromatic rings. The fourth-order valence-electron chi connectivity index (χ4n) is 3.23. The molecule has 2 aliphatic rings. The fraction of sp³-hybridized carbons (Fsp3) is 0.769. The summed E-state index contributed by atoms with van der Waals surface area (Å²) in [7, 11) is 0. The third kappa shape index (κ3) is 3.42. The van der Waals surface area contributed by atoms with Crippen LogP contribution in [0, 0.1) is 0 Å². The topological polar surface area (TPSA) is 85.6 Å². The summed E-state index contributed by atoms with van der Waals surface area (Å²) in [6, 6.07) is 0.0912. The highest BCUT2D eigenvalue weighted by molar-refractivity contribution is 6.28. The molecule has 3 heterocycles. The van der Waals surface area contributed by atoms with Crippen LogP contribution in [0.2, 0.25) is 5.28 Å². The van der Waals surface area contributed by atoms with E-state index in [9.17, 15) is 10.2 Å². The standard InChI is InChI=1S/C13H20ClN5O2/c14-12-15-8-16-13(17-12)19-5-3-10(11(21)7-19)18-4-1-2-9(20)6-18/h8-11,20-21H,1-7H2. The molecule has 116 valence electrons. The van der Waals surface area contributed by atoms with E-state index in [0.717, 1.165) is 32.4 Å². The number of halogens is 1. The van der Waals surface area contributed by atoms with E-state index in [1.165, 1.54) is 6.33 Å². The molecular formula is C13H20ClN5O2. The van der Waals surface area contributed by atoms with Crippen molar-refractivity contribution in [1.82, 2.24) is 19.9 Å². The molecule has 0 saturated carbocycles. The number of aromatic nitrogens is 3. The Kier molecular flexibility index (Phi) is 4.54. The van der Waals surface area contributed by atoms with Gasteiger partial charge in [-0.3, -0.25) is 4.90 Å². The number of anilines is 1. The second-order valence-electron chi connectivity index (χ2n) is 5.71. The highest BCUT2D eigenvalue weighted by Gasteiger charge is 2.34. The number of β-amino-alcohol motifs (C(OH)–C–C–N with tert-alkyl or cyclic N) is 2. The Bertz CT molecular complexity index is 491. The van der Waals surface area contributed by atoms with Crippen LogP contribution in [0.4, 0.5) is 5.95 Å². The van der Waals surface area contributed by atoms with Crippen LogP contribution < -0.4 is 4.90 Å². The average Bonchev–Trinajstić information content (AvgIpc) is 2.47.